The van der Waals surface area contributed by atoms with Gasteiger partial charge in [0.2, 0.25) is 5.91 Å². The van der Waals surface area contributed by atoms with E-state index in [9.17, 15) is 14.4 Å². The normalized spacial score (nSPS) is 18.9. The van der Waals surface area contributed by atoms with Gasteiger partial charge in [-0.25, -0.2) is 4.79 Å². The molecule has 20 heavy (non-hydrogen) atoms. The molecule has 114 valence electrons. The Hall–Kier alpha value is -1.63. The van der Waals surface area contributed by atoms with Crippen LogP contribution in [0.4, 0.5) is 0 Å². The second-order valence-electron chi connectivity index (χ2n) is 5.20. The monoisotopic (exact) mass is 286 g/mol. The number of methoxy groups -OCH3 is 1. The summed E-state index contributed by atoms with van der Waals surface area (Å²) in [6.45, 7) is 0. The van der Waals surface area contributed by atoms with Crippen LogP contribution < -0.4 is 11.1 Å². The fourth-order valence-corrected chi connectivity index (χ4v) is 2.33. The average molecular weight is 286 g/mol. The second-order valence-corrected chi connectivity index (χ2v) is 5.20. The number of nitrogens with two attached hydrogens (primary N) is 1. The van der Waals surface area contributed by atoms with Crippen LogP contribution >= 0.6 is 0 Å². The highest BCUT2D eigenvalue weighted by atomic mass is 16.5. The Balaban J connectivity index is 2.58. The van der Waals surface area contributed by atoms with Crippen molar-refractivity contribution in [3.63, 3.8) is 0 Å². The fourth-order valence-electron chi connectivity index (χ4n) is 2.33. The van der Waals surface area contributed by atoms with Gasteiger partial charge in [-0.1, -0.05) is 19.3 Å². The van der Waals surface area contributed by atoms with Crippen LogP contribution in [0.2, 0.25) is 0 Å². The lowest BCUT2D eigenvalue weighted by molar-refractivity contribution is -0.145. The van der Waals surface area contributed by atoms with Crippen molar-refractivity contribution >= 4 is 17.8 Å². The first-order chi connectivity index (χ1) is 9.39. The number of carbonyl (C=O) groups is 3. The van der Waals surface area contributed by atoms with Gasteiger partial charge < -0.3 is 20.9 Å². The molecule has 0 radical (unpaired) electrons. The Bertz CT molecular complexity index is 377. The lowest BCUT2D eigenvalue weighted by Crippen LogP contribution is -2.58. The summed E-state index contributed by atoms with van der Waals surface area (Å²) < 4.78 is 4.45. The number of rotatable bonds is 6. The second kappa shape index (κ2) is 7.23. The molecule has 1 atom stereocenters. The number of carboxylic acids is 1. The molecule has 1 saturated carbocycles. The Morgan fingerprint density at radius 1 is 1.30 bits per heavy atom. The Kier molecular flexibility index (Phi) is 5.94. The van der Waals surface area contributed by atoms with Crippen LogP contribution in [0.15, 0.2) is 0 Å². The minimum absolute atomic E-state index is 0.0101. The maximum atomic E-state index is 12.1. The minimum Gasteiger partial charge on any atom is -0.480 e. The minimum atomic E-state index is -1.18. The van der Waals surface area contributed by atoms with Crippen LogP contribution in [0.5, 0.6) is 0 Å². The molecule has 1 aliphatic rings. The summed E-state index contributed by atoms with van der Waals surface area (Å²) in [6.07, 6.45) is 3.81. The molecule has 7 heteroatoms. The van der Waals surface area contributed by atoms with Crippen LogP contribution in [0.1, 0.15) is 44.9 Å². The summed E-state index contributed by atoms with van der Waals surface area (Å²) in [7, 11) is 1.23. The largest absolute Gasteiger partial charge is 0.480 e. The standard InChI is InChI=1S/C13H22N2O5/c1-20-10(16)6-5-9(11(17)18)15-12(19)13(14)7-3-2-4-8-13/h9H,2-8,14H2,1H3,(H,15,19)(H,17,18)/t9-/m1/s1. The number of esters is 1. The molecule has 4 N–H and O–H groups in total. The number of aliphatic carboxylic acids is 1. The molecule has 0 aliphatic heterocycles. The first-order valence-electron chi connectivity index (χ1n) is 6.78. The number of hydrogen-bond acceptors (Lipinski definition) is 5. The van der Waals surface area contributed by atoms with Crippen molar-refractivity contribution in [1.29, 1.82) is 0 Å². The van der Waals surface area contributed by atoms with Gasteiger partial charge in [0.05, 0.1) is 12.6 Å². The van der Waals surface area contributed by atoms with Crippen LogP contribution in [-0.2, 0) is 19.1 Å². The first-order valence-corrected chi connectivity index (χ1v) is 6.78. The van der Waals surface area contributed by atoms with E-state index in [1.807, 2.05) is 0 Å². The molecule has 0 bridgehead atoms. The number of carboxylic acid groups (broad SMARTS) is 1. The molecule has 0 heterocycles. The summed E-state index contributed by atoms with van der Waals surface area (Å²) in [5.41, 5.74) is 5.05. The van der Waals surface area contributed by atoms with E-state index >= 15 is 0 Å². The molecule has 0 unspecified atom stereocenters. The fraction of sp³-hybridized carbons (Fsp3) is 0.769. The summed E-state index contributed by atoms with van der Waals surface area (Å²) >= 11 is 0. The van der Waals surface area contributed by atoms with Crippen molar-refractivity contribution in [3.8, 4) is 0 Å². The maximum absolute atomic E-state index is 12.1. The van der Waals surface area contributed by atoms with Crippen molar-refractivity contribution in [2.45, 2.75) is 56.5 Å². The van der Waals surface area contributed by atoms with E-state index < -0.39 is 29.4 Å². The predicted molar refractivity (Wildman–Crippen MR) is 70.8 cm³/mol. The molecule has 0 aromatic rings. The van der Waals surface area contributed by atoms with Gasteiger partial charge in [-0.3, -0.25) is 9.59 Å². The molecular formula is C13H22N2O5. The van der Waals surface area contributed by atoms with Crippen LogP contribution in [-0.4, -0.2) is 41.6 Å². The van der Waals surface area contributed by atoms with Crippen LogP contribution in [0.3, 0.4) is 0 Å². The van der Waals surface area contributed by atoms with E-state index in [-0.39, 0.29) is 12.8 Å². The average Bonchev–Trinajstić information content (AvgIpc) is 2.43. The van der Waals surface area contributed by atoms with E-state index in [4.69, 9.17) is 10.8 Å². The van der Waals surface area contributed by atoms with E-state index in [1.165, 1.54) is 7.11 Å². The Labute approximate surface area is 117 Å². The number of hydrogen-bond donors (Lipinski definition) is 3. The van der Waals surface area contributed by atoms with Gasteiger partial charge in [-0.15, -0.1) is 0 Å². The highest BCUT2D eigenvalue weighted by Crippen LogP contribution is 2.26. The third-order valence-corrected chi connectivity index (χ3v) is 3.67. The number of amides is 1. The van der Waals surface area contributed by atoms with Gasteiger partial charge in [-0.05, 0) is 19.3 Å². The van der Waals surface area contributed by atoms with Crippen LogP contribution in [0, 0.1) is 0 Å². The van der Waals surface area contributed by atoms with Gasteiger partial charge in [-0.2, -0.15) is 0 Å². The number of carbonyl (C=O) groups excluding carboxylic acids is 2. The van der Waals surface area contributed by atoms with Gasteiger partial charge in [0.1, 0.15) is 6.04 Å². The molecule has 1 fully saturated rings. The lowest BCUT2D eigenvalue weighted by Gasteiger charge is -2.32. The van der Waals surface area contributed by atoms with Crippen molar-refractivity contribution in [2.24, 2.45) is 5.73 Å². The van der Waals surface area contributed by atoms with E-state index in [2.05, 4.69) is 10.1 Å². The third-order valence-electron chi connectivity index (χ3n) is 3.67. The van der Waals surface area contributed by atoms with Crippen molar-refractivity contribution in [2.75, 3.05) is 7.11 Å². The molecule has 0 aromatic carbocycles. The van der Waals surface area contributed by atoms with E-state index in [1.54, 1.807) is 0 Å². The summed E-state index contributed by atoms with van der Waals surface area (Å²) in [4.78, 5) is 34.3. The van der Waals surface area contributed by atoms with Gasteiger partial charge >= 0.3 is 11.9 Å². The molecule has 1 aliphatic carbocycles. The summed E-state index contributed by atoms with van der Waals surface area (Å²) in [5.74, 6) is -2.14. The smallest absolute Gasteiger partial charge is 0.326 e. The molecule has 0 spiro atoms. The van der Waals surface area contributed by atoms with E-state index in [0.717, 1.165) is 19.3 Å². The van der Waals surface area contributed by atoms with Gasteiger partial charge in [0.25, 0.3) is 0 Å². The molecule has 7 nitrogen and oxygen atoms in total. The third kappa shape index (κ3) is 4.48. The quantitative estimate of drug-likeness (QED) is 0.599. The highest BCUT2D eigenvalue weighted by molar-refractivity contribution is 5.90. The highest BCUT2D eigenvalue weighted by Gasteiger charge is 2.37. The zero-order valence-corrected chi connectivity index (χ0v) is 11.7. The van der Waals surface area contributed by atoms with Crippen molar-refractivity contribution in [1.82, 2.24) is 5.32 Å². The molecule has 1 amide bonds. The number of ether oxygens (including phenoxy) is 1. The lowest BCUT2D eigenvalue weighted by atomic mass is 9.81. The molecule has 0 aromatic heterocycles. The van der Waals surface area contributed by atoms with Crippen molar-refractivity contribution in [3.05, 3.63) is 0 Å². The zero-order valence-electron chi connectivity index (χ0n) is 11.7. The van der Waals surface area contributed by atoms with Crippen molar-refractivity contribution < 1.29 is 24.2 Å². The Morgan fingerprint density at radius 3 is 2.40 bits per heavy atom. The first kappa shape index (κ1) is 16.4. The topological polar surface area (TPSA) is 119 Å². The Morgan fingerprint density at radius 2 is 1.90 bits per heavy atom. The summed E-state index contributed by atoms with van der Waals surface area (Å²) in [6, 6.07) is -1.12. The maximum Gasteiger partial charge on any atom is 0.326 e. The molecule has 0 saturated heterocycles. The van der Waals surface area contributed by atoms with Crippen LogP contribution in [0.25, 0.3) is 0 Å². The predicted octanol–water partition coefficient (Wildman–Crippen LogP) is 0.171. The molecular weight excluding hydrogens is 264 g/mol. The zero-order chi connectivity index (χ0) is 15.2. The van der Waals surface area contributed by atoms with Gasteiger partial charge in [0, 0.05) is 6.42 Å². The molecule has 1 rings (SSSR count). The van der Waals surface area contributed by atoms with E-state index in [0.29, 0.717) is 12.8 Å². The van der Waals surface area contributed by atoms with Gasteiger partial charge in [0.15, 0.2) is 0 Å². The number of nitrogens with one attached hydrogen (secondary N) is 1. The summed E-state index contributed by atoms with van der Waals surface area (Å²) in [5, 5.41) is 11.5. The SMILES string of the molecule is COC(=O)CC[C@@H](NC(=O)C1(N)CCCCC1)C(=O)O.